The van der Waals surface area contributed by atoms with Crippen LogP contribution < -0.4 is 15.8 Å². The minimum absolute atomic E-state index is 0.104. The zero-order chi connectivity index (χ0) is 19.1. The number of ether oxygens (including phenoxy) is 1. The van der Waals surface area contributed by atoms with E-state index >= 15 is 0 Å². The number of carbonyl (C=O) groups excluding carboxylic acids is 2. The average Bonchev–Trinajstić information content (AvgIpc) is 3.19. The molecule has 0 aliphatic rings. The molecule has 0 spiro atoms. The number of rotatable bonds is 8. The van der Waals surface area contributed by atoms with Crippen molar-refractivity contribution in [2.75, 3.05) is 6.61 Å². The molecule has 3 aromatic rings. The third kappa shape index (κ3) is 5.43. The maximum atomic E-state index is 11.9. The summed E-state index contributed by atoms with van der Waals surface area (Å²) in [7, 11) is 0. The first kappa shape index (κ1) is 18.2. The second-order valence-electron chi connectivity index (χ2n) is 5.97. The molecule has 1 heterocycles. The fourth-order valence-corrected chi connectivity index (χ4v) is 2.46. The van der Waals surface area contributed by atoms with Crippen LogP contribution in [0.3, 0.4) is 0 Å². The van der Waals surface area contributed by atoms with Crippen LogP contribution in [0.15, 0.2) is 67.0 Å². The monoisotopic (exact) mass is 364 g/mol. The quantitative estimate of drug-likeness (QED) is 0.636. The Balaban J connectivity index is 1.42. The van der Waals surface area contributed by atoms with Crippen molar-refractivity contribution < 1.29 is 14.3 Å². The first-order valence-corrected chi connectivity index (χ1v) is 8.45. The zero-order valence-electron chi connectivity index (χ0n) is 14.7. The molecular formula is C20H20N4O3. The first-order chi connectivity index (χ1) is 13.1. The second kappa shape index (κ2) is 8.66. The smallest absolute Gasteiger partial charge is 0.258 e. The molecule has 0 bridgehead atoms. The van der Waals surface area contributed by atoms with Crippen LogP contribution in [0.2, 0.25) is 0 Å². The van der Waals surface area contributed by atoms with Crippen LogP contribution in [0.25, 0.3) is 0 Å². The van der Waals surface area contributed by atoms with Crippen molar-refractivity contribution in [3.8, 4) is 5.75 Å². The number of hydrogen-bond donors (Lipinski definition) is 2. The van der Waals surface area contributed by atoms with Gasteiger partial charge in [-0.3, -0.25) is 14.3 Å². The Kier molecular flexibility index (Phi) is 5.84. The van der Waals surface area contributed by atoms with Crippen molar-refractivity contribution in [3.63, 3.8) is 0 Å². The number of hydrogen-bond acceptors (Lipinski definition) is 4. The van der Waals surface area contributed by atoms with E-state index in [1.807, 2.05) is 41.2 Å². The van der Waals surface area contributed by atoms with Crippen molar-refractivity contribution >= 4 is 11.8 Å². The molecule has 1 aromatic heterocycles. The van der Waals surface area contributed by atoms with Crippen LogP contribution in [0.4, 0.5) is 0 Å². The highest BCUT2D eigenvalue weighted by atomic mass is 16.5. The molecule has 7 heteroatoms. The summed E-state index contributed by atoms with van der Waals surface area (Å²) in [5, 5.41) is 6.98. The number of primary amides is 1. The Bertz CT molecular complexity index is 888. The normalized spacial score (nSPS) is 10.4. The lowest BCUT2D eigenvalue weighted by Gasteiger charge is -2.09. The summed E-state index contributed by atoms with van der Waals surface area (Å²) in [6.07, 6.45) is 3.66. The van der Waals surface area contributed by atoms with Crippen LogP contribution >= 0.6 is 0 Å². The summed E-state index contributed by atoms with van der Waals surface area (Å²) in [4.78, 5) is 22.9. The molecule has 0 atom stereocenters. The van der Waals surface area contributed by atoms with E-state index in [2.05, 4.69) is 10.4 Å². The van der Waals surface area contributed by atoms with Gasteiger partial charge in [0, 0.05) is 24.5 Å². The van der Waals surface area contributed by atoms with E-state index in [1.54, 1.807) is 30.5 Å². The van der Waals surface area contributed by atoms with Gasteiger partial charge in [-0.1, -0.05) is 24.3 Å². The Morgan fingerprint density at radius 2 is 1.74 bits per heavy atom. The van der Waals surface area contributed by atoms with E-state index in [4.69, 9.17) is 10.5 Å². The molecule has 0 aliphatic carbocycles. The summed E-state index contributed by atoms with van der Waals surface area (Å²) in [5.41, 5.74) is 7.70. The minimum Gasteiger partial charge on any atom is -0.484 e. The number of nitrogens with one attached hydrogen (secondary N) is 1. The minimum atomic E-state index is -0.505. The molecule has 7 nitrogen and oxygen atoms in total. The van der Waals surface area contributed by atoms with Gasteiger partial charge < -0.3 is 15.8 Å². The highest BCUT2D eigenvalue weighted by Crippen LogP contribution is 2.11. The van der Waals surface area contributed by atoms with Gasteiger partial charge in [0.2, 0.25) is 5.91 Å². The van der Waals surface area contributed by atoms with Gasteiger partial charge in [-0.05, 0) is 41.5 Å². The van der Waals surface area contributed by atoms with E-state index in [-0.39, 0.29) is 12.5 Å². The van der Waals surface area contributed by atoms with Crippen LogP contribution in [-0.4, -0.2) is 28.2 Å². The molecule has 3 N–H and O–H groups in total. The molecule has 0 fully saturated rings. The predicted molar refractivity (Wildman–Crippen MR) is 100 cm³/mol. The lowest BCUT2D eigenvalue weighted by atomic mass is 10.1. The molecule has 0 saturated carbocycles. The topological polar surface area (TPSA) is 99.2 Å². The average molecular weight is 364 g/mol. The Labute approximate surface area is 156 Å². The van der Waals surface area contributed by atoms with E-state index in [0.29, 0.717) is 24.4 Å². The molecule has 0 saturated heterocycles. The van der Waals surface area contributed by atoms with Crippen LogP contribution in [-0.2, 0) is 17.9 Å². The first-order valence-electron chi connectivity index (χ1n) is 8.45. The van der Waals surface area contributed by atoms with E-state index < -0.39 is 5.91 Å². The molecule has 0 radical (unpaired) electrons. The van der Waals surface area contributed by atoms with Gasteiger partial charge >= 0.3 is 0 Å². The molecule has 2 aromatic carbocycles. The van der Waals surface area contributed by atoms with Gasteiger partial charge in [0.05, 0.1) is 6.54 Å². The van der Waals surface area contributed by atoms with E-state index in [0.717, 1.165) is 11.1 Å². The SMILES string of the molecule is NC(=O)c1ccc(OCC(=O)NCc2ccc(Cn3cccn3)cc2)cc1. The maximum absolute atomic E-state index is 11.9. The molecule has 0 aliphatic heterocycles. The molecule has 0 unspecified atom stereocenters. The fraction of sp³-hybridized carbons (Fsp3) is 0.150. The van der Waals surface area contributed by atoms with Gasteiger partial charge in [0.1, 0.15) is 5.75 Å². The number of nitrogens with two attached hydrogens (primary N) is 1. The molecular weight excluding hydrogens is 344 g/mol. The van der Waals surface area contributed by atoms with Crippen molar-refractivity contribution in [1.29, 1.82) is 0 Å². The van der Waals surface area contributed by atoms with E-state index in [9.17, 15) is 9.59 Å². The van der Waals surface area contributed by atoms with E-state index in [1.165, 1.54) is 0 Å². The number of benzene rings is 2. The Hall–Kier alpha value is -3.61. The standard InChI is InChI=1S/C20H20N4O3/c21-20(26)17-6-8-18(9-7-17)27-14-19(25)22-12-15-2-4-16(5-3-15)13-24-11-1-10-23-24/h1-11H,12-14H2,(H2,21,26)(H,22,25). The van der Waals surface area contributed by atoms with Crippen LogP contribution in [0.5, 0.6) is 5.75 Å². The lowest BCUT2D eigenvalue weighted by molar-refractivity contribution is -0.123. The third-order valence-corrected chi connectivity index (χ3v) is 3.93. The van der Waals surface area contributed by atoms with Crippen molar-refractivity contribution in [3.05, 3.63) is 83.7 Å². The second-order valence-corrected chi connectivity index (χ2v) is 5.97. The molecule has 2 amide bonds. The fourth-order valence-electron chi connectivity index (χ4n) is 2.46. The lowest BCUT2D eigenvalue weighted by Crippen LogP contribution is -2.28. The third-order valence-electron chi connectivity index (χ3n) is 3.93. The predicted octanol–water partition coefficient (Wildman–Crippen LogP) is 1.73. The Morgan fingerprint density at radius 3 is 2.37 bits per heavy atom. The van der Waals surface area contributed by atoms with Crippen molar-refractivity contribution in [1.82, 2.24) is 15.1 Å². The Morgan fingerprint density at radius 1 is 1.04 bits per heavy atom. The summed E-state index contributed by atoms with van der Waals surface area (Å²) in [5.74, 6) is -0.234. The summed E-state index contributed by atoms with van der Waals surface area (Å²) >= 11 is 0. The van der Waals surface area contributed by atoms with Gasteiger partial charge in [0.15, 0.2) is 6.61 Å². The van der Waals surface area contributed by atoms with Crippen LogP contribution in [0, 0.1) is 0 Å². The molecule has 3 rings (SSSR count). The number of carbonyl (C=O) groups is 2. The van der Waals surface area contributed by atoms with Gasteiger partial charge in [-0.15, -0.1) is 0 Å². The summed E-state index contributed by atoms with van der Waals surface area (Å²) in [6, 6.07) is 16.2. The number of amides is 2. The zero-order valence-corrected chi connectivity index (χ0v) is 14.7. The van der Waals surface area contributed by atoms with Gasteiger partial charge in [-0.2, -0.15) is 5.10 Å². The molecule has 27 heavy (non-hydrogen) atoms. The number of aromatic nitrogens is 2. The summed E-state index contributed by atoms with van der Waals surface area (Å²) < 4.78 is 7.25. The maximum Gasteiger partial charge on any atom is 0.258 e. The van der Waals surface area contributed by atoms with Crippen molar-refractivity contribution in [2.45, 2.75) is 13.1 Å². The van der Waals surface area contributed by atoms with Crippen LogP contribution in [0.1, 0.15) is 21.5 Å². The molecule has 138 valence electrons. The van der Waals surface area contributed by atoms with Gasteiger partial charge in [-0.25, -0.2) is 0 Å². The number of nitrogens with zero attached hydrogens (tertiary/aromatic N) is 2. The largest absolute Gasteiger partial charge is 0.484 e. The highest BCUT2D eigenvalue weighted by Gasteiger charge is 2.05. The highest BCUT2D eigenvalue weighted by molar-refractivity contribution is 5.92. The summed E-state index contributed by atoms with van der Waals surface area (Å²) in [6.45, 7) is 1.03. The van der Waals surface area contributed by atoms with Gasteiger partial charge in [0.25, 0.3) is 5.91 Å². The van der Waals surface area contributed by atoms with Crippen molar-refractivity contribution in [2.24, 2.45) is 5.73 Å².